The Hall–Kier alpha value is -0.160. The molecule has 0 bridgehead atoms. The molecule has 0 saturated carbocycles. The maximum atomic E-state index is 5.65. The Bertz CT molecular complexity index is 239. The van der Waals surface area contributed by atoms with Gasteiger partial charge in [0.15, 0.2) is 0 Å². The first-order valence-corrected chi connectivity index (χ1v) is 8.70. The highest BCUT2D eigenvalue weighted by Crippen LogP contribution is 2.23. The van der Waals surface area contributed by atoms with Gasteiger partial charge in [-0.1, -0.05) is 27.7 Å². The van der Waals surface area contributed by atoms with Gasteiger partial charge in [-0.25, -0.2) is 0 Å². The van der Waals surface area contributed by atoms with Crippen LogP contribution in [0.15, 0.2) is 0 Å². The molecular weight excluding hydrogens is 264 g/mol. The quantitative estimate of drug-likeness (QED) is 0.594. The summed E-state index contributed by atoms with van der Waals surface area (Å²) in [5.74, 6) is 1.76. The summed E-state index contributed by atoms with van der Waals surface area (Å²) in [6.45, 7) is 16.5. The van der Waals surface area contributed by atoms with Gasteiger partial charge in [-0.2, -0.15) is 0 Å². The van der Waals surface area contributed by atoms with Gasteiger partial charge in [-0.05, 0) is 37.8 Å². The normalized spacial score (nSPS) is 18.0. The van der Waals surface area contributed by atoms with E-state index in [1.165, 1.54) is 25.9 Å². The van der Waals surface area contributed by atoms with Crippen LogP contribution in [-0.2, 0) is 9.47 Å². The first-order chi connectivity index (χ1) is 10.1. The molecular formula is C17H36N2O2. The van der Waals surface area contributed by atoms with Crippen LogP contribution in [0.1, 0.15) is 40.5 Å². The Morgan fingerprint density at radius 3 is 2.14 bits per heavy atom. The molecule has 1 heterocycles. The standard InChI is InChI=1S/C17H36N2O2/c1-15(2)17-5-8-19(9-6-17)10-12-21-14-13-20-11-7-18-16(3)4/h15-18H,5-14H2,1-4H3. The van der Waals surface area contributed by atoms with Crippen molar-refractivity contribution in [3.05, 3.63) is 0 Å². The molecule has 0 atom stereocenters. The molecule has 0 amide bonds. The Morgan fingerprint density at radius 2 is 1.57 bits per heavy atom. The number of piperidine rings is 1. The molecule has 0 spiro atoms. The van der Waals surface area contributed by atoms with Crippen LogP contribution in [0.2, 0.25) is 0 Å². The molecule has 4 nitrogen and oxygen atoms in total. The fourth-order valence-corrected chi connectivity index (χ4v) is 2.78. The molecule has 0 unspecified atom stereocenters. The number of nitrogens with zero attached hydrogens (tertiary/aromatic N) is 1. The lowest BCUT2D eigenvalue weighted by atomic mass is 9.87. The molecule has 4 heteroatoms. The van der Waals surface area contributed by atoms with E-state index in [0.29, 0.717) is 19.3 Å². The van der Waals surface area contributed by atoms with Gasteiger partial charge in [-0.15, -0.1) is 0 Å². The smallest absolute Gasteiger partial charge is 0.0701 e. The number of hydrogen-bond acceptors (Lipinski definition) is 4. The average Bonchev–Trinajstić information content (AvgIpc) is 2.45. The third-order valence-electron chi connectivity index (χ3n) is 4.30. The molecule has 1 fully saturated rings. The number of ether oxygens (including phenoxy) is 2. The number of rotatable bonds is 11. The van der Waals surface area contributed by atoms with Crippen LogP contribution in [0, 0.1) is 11.8 Å². The van der Waals surface area contributed by atoms with Crippen molar-refractivity contribution < 1.29 is 9.47 Å². The van der Waals surface area contributed by atoms with Crippen molar-refractivity contribution in [2.75, 3.05) is 52.6 Å². The van der Waals surface area contributed by atoms with E-state index < -0.39 is 0 Å². The van der Waals surface area contributed by atoms with Gasteiger partial charge < -0.3 is 19.7 Å². The highest BCUT2D eigenvalue weighted by atomic mass is 16.5. The molecule has 126 valence electrons. The summed E-state index contributed by atoms with van der Waals surface area (Å²) >= 11 is 0. The second-order valence-corrected chi connectivity index (χ2v) is 6.76. The SMILES string of the molecule is CC(C)NCCOCCOCCN1CCC(C(C)C)CC1. The highest BCUT2D eigenvalue weighted by Gasteiger charge is 2.20. The summed E-state index contributed by atoms with van der Waals surface area (Å²) in [5, 5.41) is 3.33. The molecule has 0 aromatic rings. The van der Waals surface area contributed by atoms with Crippen molar-refractivity contribution in [1.82, 2.24) is 10.2 Å². The Labute approximate surface area is 131 Å². The van der Waals surface area contributed by atoms with Gasteiger partial charge in [-0.3, -0.25) is 0 Å². The summed E-state index contributed by atoms with van der Waals surface area (Å²) in [7, 11) is 0. The topological polar surface area (TPSA) is 33.7 Å². The number of nitrogens with one attached hydrogen (secondary N) is 1. The van der Waals surface area contributed by atoms with Crippen LogP contribution in [0.4, 0.5) is 0 Å². The Morgan fingerprint density at radius 1 is 0.952 bits per heavy atom. The van der Waals surface area contributed by atoms with Crippen LogP contribution >= 0.6 is 0 Å². The van der Waals surface area contributed by atoms with Gasteiger partial charge in [0.25, 0.3) is 0 Å². The van der Waals surface area contributed by atoms with Gasteiger partial charge in [0.1, 0.15) is 0 Å². The summed E-state index contributed by atoms with van der Waals surface area (Å²) in [4.78, 5) is 2.53. The molecule has 1 aliphatic rings. The molecule has 0 aliphatic carbocycles. The first kappa shape index (κ1) is 18.9. The summed E-state index contributed by atoms with van der Waals surface area (Å²) in [6.07, 6.45) is 2.70. The van der Waals surface area contributed by atoms with Crippen molar-refractivity contribution in [2.45, 2.75) is 46.6 Å². The second kappa shape index (κ2) is 11.4. The van der Waals surface area contributed by atoms with Gasteiger partial charge in [0.05, 0.1) is 26.4 Å². The van der Waals surface area contributed by atoms with Gasteiger partial charge in [0.2, 0.25) is 0 Å². The number of likely N-dealkylation sites (tertiary alicyclic amines) is 1. The molecule has 1 saturated heterocycles. The number of hydrogen-bond donors (Lipinski definition) is 1. The van der Waals surface area contributed by atoms with E-state index in [9.17, 15) is 0 Å². The maximum Gasteiger partial charge on any atom is 0.0701 e. The maximum absolute atomic E-state index is 5.65. The molecule has 0 aromatic carbocycles. The Kier molecular flexibility index (Phi) is 10.3. The summed E-state index contributed by atoms with van der Waals surface area (Å²) in [6, 6.07) is 0.532. The zero-order valence-corrected chi connectivity index (χ0v) is 14.6. The minimum atomic E-state index is 0.532. The van der Waals surface area contributed by atoms with E-state index in [4.69, 9.17) is 9.47 Å². The predicted molar refractivity (Wildman–Crippen MR) is 88.8 cm³/mol. The second-order valence-electron chi connectivity index (χ2n) is 6.76. The fourth-order valence-electron chi connectivity index (χ4n) is 2.78. The zero-order chi connectivity index (χ0) is 15.5. The first-order valence-electron chi connectivity index (χ1n) is 8.70. The summed E-state index contributed by atoms with van der Waals surface area (Å²) in [5.41, 5.74) is 0. The molecule has 0 radical (unpaired) electrons. The van der Waals surface area contributed by atoms with Gasteiger partial charge >= 0.3 is 0 Å². The van der Waals surface area contributed by atoms with E-state index >= 15 is 0 Å². The third-order valence-corrected chi connectivity index (χ3v) is 4.30. The zero-order valence-electron chi connectivity index (χ0n) is 14.6. The minimum Gasteiger partial charge on any atom is -0.378 e. The van der Waals surface area contributed by atoms with Crippen LogP contribution in [-0.4, -0.2) is 63.5 Å². The van der Waals surface area contributed by atoms with Crippen molar-refractivity contribution >= 4 is 0 Å². The molecule has 1 N–H and O–H groups in total. The minimum absolute atomic E-state index is 0.532. The summed E-state index contributed by atoms with van der Waals surface area (Å²) < 4.78 is 11.2. The van der Waals surface area contributed by atoms with E-state index in [-0.39, 0.29) is 0 Å². The molecule has 1 aliphatic heterocycles. The fraction of sp³-hybridized carbons (Fsp3) is 1.00. The van der Waals surface area contributed by atoms with E-state index in [0.717, 1.165) is 38.1 Å². The lowest BCUT2D eigenvalue weighted by Crippen LogP contribution is -2.37. The third kappa shape index (κ3) is 9.46. The average molecular weight is 300 g/mol. The van der Waals surface area contributed by atoms with Crippen molar-refractivity contribution in [3.63, 3.8) is 0 Å². The largest absolute Gasteiger partial charge is 0.378 e. The molecule has 0 aromatic heterocycles. The lowest BCUT2D eigenvalue weighted by molar-refractivity contribution is 0.0339. The van der Waals surface area contributed by atoms with Crippen molar-refractivity contribution in [3.8, 4) is 0 Å². The van der Waals surface area contributed by atoms with Crippen LogP contribution < -0.4 is 5.32 Å². The Balaban J connectivity index is 1.85. The lowest BCUT2D eigenvalue weighted by Gasteiger charge is -2.33. The monoisotopic (exact) mass is 300 g/mol. The molecule has 1 rings (SSSR count). The van der Waals surface area contributed by atoms with Crippen molar-refractivity contribution in [1.29, 1.82) is 0 Å². The van der Waals surface area contributed by atoms with Crippen LogP contribution in [0.25, 0.3) is 0 Å². The predicted octanol–water partition coefficient (Wildman–Crippen LogP) is 2.39. The van der Waals surface area contributed by atoms with E-state index in [2.05, 4.69) is 37.9 Å². The van der Waals surface area contributed by atoms with E-state index in [1.807, 2.05) is 0 Å². The van der Waals surface area contributed by atoms with Crippen molar-refractivity contribution in [2.24, 2.45) is 11.8 Å². The van der Waals surface area contributed by atoms with E-state index in [1.54, 1.807) is 0 Å². The highest BCUT2D eigenvalue weighted by molar-refractivity contribution is 4.74. The van der Waals surface area contributed by atoms with Gasteiger partial charge in [0, 0.05) is 19.1 Å². The van der Waals surface area contributed by atoms with Crippen LogP contribution in [0.5, 0.6) is 0 Å². The molecule has 21 heavy (non-hydrogen) atoms. The van der Waals surface area contributed by atoms with Crippen LogP contribution in [0.3, 0.4) is 0 Å².